The van der Waals surface area contributed by atoms with Gasteiger partial charge in [0, 0.05) is 26.1 Å². The van der Waals surface area contributed by atoms with Crippen LogP contribution in [0.2, 0.25) is 0 Å². The van der Waals surface area contributed by atoms with Crippen LogP contribution in [0.3, 0.4) is 0 Å². The molecule has 5 nitrogen and oxygen atoms in total. The molecule has 1 aliphatic carbocycles. The van der Waals surface area contributed by atoms with Crippen molar-refractivity contribution in [2.45, 2.75) is 32.6 Å². The molecule has 5 heteroatoms. The Morgan fingerprint density at radius 2 is 1.94 bits per heavy atom. The fourth-order valence-electron chi connectivity index (χ4n) is 2.39. The van der Waals surface area contributed by atoms with Crippen LogP contribution in [0.5, 0.6) is 0 Å². The van der Waals surface area contributed by atoms with Gasteiger partial charge in [0.15, 0.2) is 0 Å². The van der Waals surface area contributed by atoms with Gasteiger partial charge in [-0.3, -0.25) is 0 Å². The number of likely N-dealkylation sites (N-methyl/N-ethyl adjacent to an activating group) is 1. The molecule has 0 saturated heterocycles. The van der Waals surface area contributed by atoms with E-state index in [-0.39, 0.29) is 5.41 Å². The van der Waals surface area contributed by atoms with Crippen LogP contribution in [-0.4, -0.2) is 61.1 Å². The van der Waals surface area contributed by atoms with Crippen molar-refractivity contribution in [2.24, 2.45) is 16.3 Å². The highest BCUT2D eigenvalue weighted by atomic mass is 16.4. The van der Waals surface area contributed by atoms with E-state index in [9.17, 15) is 0 Å². The number of amidine groups is 1. The minimum atomic E-state index is 0.276. The number of nitrogens with two attached hydrogens (primary N) is 1. The monoisotopic (exact) mass is 256 g/mol. The lowest BCUT2D eigenvalue weighted by Crippen LogP contribution is -2.37. The molecule has 0 aromatic carbocycles. The van der Waals surface area contributed by atoms with Crippen molar-refractivity contribution in [3.63, 3.8) is 0 Å². The Balaban J connectivity index is 2.44. The molecule has 18 heavy (non-hydrogen) atoms. The zero-order valence-electron chi connectivity index (χ0n) is 12.0. The Hall–Kier alpha value is -0.810. The molecule has 1 rings (SSSR count). The smallest absolute Gasteiger partial charge is 0.139 e. The van der Waals surface area contributed by atoms with E-state index in [0.717, 1.165) is 32.6 Å². The lowest BCUT2D eigenvalue weighted by Gasteiger charge is -2.28. The third-order valence-corrected chi connectivity index (χ3v) is 3.60. The summed E-state index contributed by atoms with van der Waals surface area (Å²) >= 11 is 0. The first-order valence-electron chi connectivity index (χ1n) is 6.85. The summed E-state index contributed by atoms with van der Waals surface area (Å²) in [5.74, 6) is 0.372. The highest BCUT2D eigenvalue weighted by Gasteiger charge is 2.44. The van der Waals surface area contributed by atoms with Crippen molar-refractivity contribution in [3.8, 4) is 0 Å². The van der Waals surface area contributed by atoms with Gasteiger partial charge in [0.1, 0.15) is 5.84 Å². The van der Waals surface area contributed by atoms with Crippen LogP contribution < -0.4 is 5.73 Å². The van der Waals surface area contributed by atoms with Gasteiger partial charge in [0.25, 0.3) is 0 Å². The fraction of sp³-hybridized carbons (Fsp3) is 0.923. The molecular weight excluding hydrogens is 228 g/mol. The van der Waals surface area contributed by atoms with Crippen LogP contribution >= 0.6 is 0 Å². The van der Waals surface area contributed by atoms with Crippen LogP contribution in [-0.2, 0) is 0 Å². The maximum atomic E-state index is 8.68. The molecule has 0 heterocycles. The normalized spacial score (nSPS) is 18.6. The van der Waals surface area contributed by atoms with Crippen LogP contribution in [0, 0.1) is 5.41 Å². The molecule has 0 aromatic rings. The van der Waals surface area contributed by atoms with Crippen LogP contribution in [0.15, 0.2) is 5.16 Å². The topological polar surface area (TPSA) is 65.1 Å². The average Bonchev–Trinajstić information content (AvgIpc) is 3.06. The molecule has 1 saturated carbocycles. The van der Waals surface area contributed by atoms with Crippen LogP contribution in [0.25, 0.3) is 0 Å². The van der Waals surface area contributed by atoms with E-state index in [2.05, 4.69) is 36.0 Å². The molecular formula is C13H28N4O. The predicted molar refractivity (Wildman–Crippen MR) is 75.0 cm³/mol. The first-order valence-corrected chi connectivity index (χ1v) is 6.85. The lowest BCUT2D eigenvalue weighted by atomic mass is 10.0. The second-order valence-corrected chi connectivity index (χ2v) is 5.85. The third-order valence-electron chi connectivity index (χ3n) is 3.60. The van der Waals surface area contributed by atoms with E-state index >= 15 is 0 Å². The van der Waals surface area contributed by atoms with E-state index in [1.165, 1.54) is 19.3 Å². The molecule has 106 valence electrons. The van der Waals surface area contributed by atoms with Gasteiger partial charge in [0.05, 0.1) is 0 Å². The van der Waals surface area contributed by atoms with E-state index < -0.39 is 0 Å². The molecule has 0 bridgehead atoms. The predicted octanol–water partition coefficient (Wildman–Crippen LogP) is 1.18. The maximum absolute atomic E-state index is 8.68. The van der Waals surface area contributed by atoms with E-state index in [0.29, 0.717) is 5.84 Å². The van der Waals surface area contributed by atoms with Crippen molar-refractivity contribution in [3.05, 3.63) is 0 Å². The van der Waals surface area contributed by atoms with Crippen molar-refractivity contribution in [1.82, 2.24) is 9.80 Å². The van der Waals surface area contributed by atoms with Gasteiger partial charge in [-0.15, -0.1) is 0 Å². The zero-order valence-corrected chi connectivity index (χ0v) is 12.0. The SMILES string of the molecule is CCCN(CCN(C)C)CC1(CC(N)=NO)CC1. The summed E-state index contributed by atoms with van der Waals surface area (Å²) in [6.45, 7) is 6.60. The molecule has 1 fully saturated rings. The van der Waals surface area contributed by atoms with Gasteiger partial charge < -0.3 is 20.7 Å². The Bertz CT molecular complexity index is 274. The summed E-state index contributed by atoms with van der Waals surface area (Å²) in [4.78, 5) is 4.73. The Morgan fingerprint density at radius 3 is 2.39 bits per heavy atom. The summed E-state index contributed by atoms with van der Waals surface area (Å²) in [5.41, 5.74) is 5.92. The minimum Gasteiger partial charge on any atom is -0.409 e. The second kappa shape index (κ2) is 6.95. The second-order valence-electron chi connectivity index (χ2n) is 5.85. The molecule has 0 unspecified atom stereocenters. The third kappa shape index (κ3) is 5.23. The van der Waals surface area contributed by atoms with Gasteiger partial charge in [-0.1, -0.05) is 12.1 Å². The van der Waals surface area contributed by atoms with E-state index in [4.69, 9.17) is 10.9 Å². The fourth-order valence-corrected chi connectivity index (χ4v) is 2.39. The number of oxime groups is 1. The number of hydrogen-bond acceptors (Lipinski definition) is 4. The standard InChI is InChI=1S/C13H28N4O/c1-4-7-17(9-8-16(2)3)11-13(5-6-13)10-12(14)15-18/h18H,4-11H2,1-3H3,(H2,14,15). The van der Waals surface area contributed by atoms with Crippen LogP contribution in [0.4, 0.5) is 0 Å². The highest BCUT2D eigenvalue weighted by Crippen LogP contribution is 2.49. The molecule has 0 atom stereocenters. The lowest BCUT2D eigenvalue weighted by molar-refractivity contribution is 0.201. The average molecular weight is 256 g/mol. The number of hydrogen-bond donors (Lipinski definition) is 2. The van der Waals surface area contributed by atoms with Crippen molar-refractivity contribution in [2.75, 3.05) is 40.3 Å². The van der Waals surface area contributed by atoms with Gasteiger partial charge >= 0.3 is 0 Å². The number of nitrogens with zero attached hydrogens (tertiary/aromatic N) is 3. The van der Waals surface area contributed by atoms with E-state index in [1.807, 2.05) is 0 Å². The van der Waals surface area contributed by atoms with Crippen molar-refractivity contribution in [1.29, 1.82) is 0 Å². The first-order chi connectivity index (χ1) is 8.51. The summed E-state index contributed by atoms with van der Waals surface area (Å²) in [6, 6.07) is 0. The van der Waals surface area contributed by atoms with Crippen LogP contribution in [0.1, 0.15) is 32.6 Å². The summed E-state index contributed by atoms with van der Waals surface area (Å²) in [5, 5.41) is 11.8. The summed E-state index contributed by atoms with van der Waals surface area (Å²) in [6.07, 6.45) is 4.30. The molecule has 3 N–H and O–H groups in total. The Labute approximate surface area is 111 Å². The quantitative estimate of drug-likeness (QED) is 0.281. The molecule has 0 spiro atoms. The molecule has 0 radical (unpaired) electrons. The van der Waals surface area contributed by atoms with Gasteiger partial charge in [-0.25, -0.2) is 0 Å². The molecule has 1 aliphatic rings. The summed E-state index contributed by atoms with van der Waals surface area (Å²) < 4.78 is 0. The minimum absolute atomic E-state index is 0.276. The van der Waals surface area contributed by atoms with Crippen molar-refractivity contribution >= 4 is 5.84 Å². The Kier molecular flexibility index (Phi) is 5.88. The molecule has 0 amide bonds. The highest BCUT2D eigenvalue weighted by molar-refractivity contribution is 5.80. The van der Waals surface area contributed by atoms with Crippen molar-refractivity contribution < 1.29 is 5.21 Å². The maximum Gasteiger partial charge on any atom is 0.139 e. The first kappa shape index (κ1) is 15.2. The van der Waals surface area contributed by atoms with Gasteiger partial charge in [0.2, 0.25) is 0 Å². The summed E-state index contributed by atoms with van der Waals surface area (Å²) in [7, 11) is 4.21. The van der Waals surface area contributed by atoms with Gasteiger partial charge in [-0.05, 0) is 45.3 Å². The van der Waals surface area contributed by atoms with Gasteiger partial charge in [-0.2, -0.15) is 0 Å². The Morgan fingerprint density at radius 1 is 1.28 bits per heavy atom. The molecule has 0 aliphatic heterocycles. The largest absolute Gasteiger partial charge is 0.409 e. The number of rotatable bonds is 9. The molecule has 0 aromatic heterocycles. The zero-order chi connectivity index (χ0) is 13.6. The van der Waals surface area contributed by atoms with E-state index in [1.54, 1.807) is 0 Å².